The minimum Gasteiger partial charge on any atom is -0.381 e. The van der Waals surface area contributed by atoms with Gasteiger partial charge in [-0.3, -0.25) is 4.79 Å². The van der Waals surface area contributed by atoms with Crippen LogP contribution in [0.2, 0.25) is 0 Å². The molecule has 132 valence electrons. The molecule has 0 amide bonds. The van der Waals surface area contributed by atoms with Gasteiger partial charge in [0.15, 0.2) is 5.78 Å². The number of nitrogens with one attached hydrogen (secondary N) is 2. The van der Waals surface area contributed by atoms with E-state index in [1.807, 2.05) is 6.07 Å². The summed E-state index contributed by atoms with van der Waals surface area (Å²) in [5.74, 6) is 0.370. The second kappa shape index (κ2) is 8.04. The largest absolute Gasteiger partial charge is 0.381 e. The van der Waals surface area contributed by atoms with Crippen molar-refractivity contribution in [2.45, 2.75) is 77.2 Å². The molecule has 2 aliphatic carbocycles. The second-order valence-electron chi connectivity index (χ2n) is 7.92. The van der Waals surface area contributed by atoms with Crippen LogP contribution in [-0.4, -0.2) is 18.4 Å². The van der Waals surface area contributed by atoms with Gasteiger partial charge in [-0.1, -0.05) is 57.6 Å². The third-order valence-corrected chi connectivity index (χ3v) is 5.96. The van der Waals surface area contributed by atoms with E-state index in [2.05, 4.69) is 35.8 Å². The molecule has 2 N–H and O–H groups in total. The van der Waals surface area contributed by atoms with E-state index >= 15 is 0 Å². The molecule has 0 atom stereocenters. The molecular weight excluding hydrogens is 296 g/mol. The molecule has 0 bridgehead atoms. The summed E-state index contributed by atoms with van der Waals surface area (Å²) in [7, 11) is 0. The van der Waals surface area contributed by atoms with Crippen molar-refractivity contribution in [1.82, 2.24) is 0 Å². The highest BCUT2D eigenvalue weighted by molar-refractivity contribution is 5.89. The first kappa shape index (κ1) is 17.3. The summed E-state index contributed by atoms with van der Waals surface area (Å²) in [6, 6.07) is 8.90. The van der Waals surface area contributed by atoms with Crippen LogP contribution in [0.25, 0.3) is 0 Å². The smallest absolute Gasteiger partial charge is 0.157 e. The van der Waals surface area contributed by atoms with Gasteiger partial charge >= 0.3 is 0 Å². The molecule has 2 saturated carbocycles. The topological polar surface area (TPSA) is 41.1 Å². The highest BCUT2D eigenvalue weighted by Gasteiger charge is 2.33. The van der Waals surface area contributed by atoms with Crippen LogP contribution in [-0.2, 0) is 4.79 Å². The Morgan fingerprint density at radius 3 is 2.33 bits per heavy atom. The average molecular weight is 329 g/mol. The molecule has 1 aromatic rings. The first-order chi connectivity index (χ1) is 11.7. The number of para-hydroxylation sites is 2. The number of Topliss-reactive ketones (excluding diaryl/α,β-unsaturated/α-hetero) is 1. The van der Waals surface area contributed by atoms with Crippen LogP contribution in [0.1, 0.15) is 71.1 Å². The Morgan fingerprint density at radius 2 is 1.62 bits per heavy atom. The number of benzene rings is 1. The van der Waals surface area contributed by atoms with E-state index in [1.54, 1.807) is 0 Å². The van der Waals surface area contributed by atoms with E-state index in [0.717, 1.165) is 24.2 Å². The van der Waals surface area contributed by atoms with E-state index in [4.69, 9.17) is 0 Å². The van der Waals surface area contributed by atoms with Crippen molar-refractivity contribution in [1.29, 1.82) is 0 Å². The summed E-state index contributed by atoms with van der Waals surface area (Å²) >= 11 is 0. The number of carbonyl (C=O) groups excluding carboxylic acids is 1. The molecule has 0 saturated heterocycles. The Hall–Kier alpha value is -1.51. The van der Waals surface area contributed by atoms with Crippen LogP contribution in [0.3, 0.4) is 0 Å². The lowest BCUT2D eigenvalue weighted by Gasteiger charge is -2.32. The van der Waals surface area contributed by atoms with Crippen LogP contribution in [0.4, 0.5) is 11.4 Å². The highest BCUT2D eigenvalue weighted by atomic mass is 16.1. The van der Waals surface area contributed by atoms with Crippen molar-refractivity contribution < 1.29 is 4.79 Å². The van der Waals surface area contributed by atoms with Gasteiger partial charge < -0.3 is 10.6 Å². The molecule has 0 radical (unpaired) electrons. The van der Waals surface area contributed by atoms with E-state index in [9.17, 15) is 4.79 Å². The monoisotopic (exact) mass is 328 g/mol. The number of ketones is 1. The fraction of sp³-hybridized carbons (Fsp3) is 0.667. The van der Waals surface area contributed by atoms with Crippen LogP contribution >= 0.6 is 0 Å². The summed E-state index contributed by atoms with van der Waals surface area (Å²) in [5.41, 5.74) is 2.10. The van der Waals surface area contributed by atoms with Crippen molar-refractivity contribution in [3.63, 3.8) is 0 Å². The summed E-state index contributed by atoms with van der Waals surface area (Å²) < 4.78 is 0. The summed E-state index contributed by atoms with van der Waals surface area (Å²) in [5, 5.41) is 7.10. The van der Waals surface area contributed by atoms with Crippen LogP contribution < -0.4 is 10.6 Å². The second-order valence-corrected chi connectivity index (χ2v) is 7.92. The highest BCUT2D eigenvalue weighted by Crippen LogP contribution is 2.36. The predicted octanol–water partition coefficient (Wildman–Crippen LogP) is 5.38. The molecule has 24 heavy (non-hydrogen) atoms. The Kier molecular flexibility index (Phi) is 5.80. The van der Waals surface area contributed by atoms with E-state index in [0.29, 0.717) is 18.4 Å². The fourth-order valence-corrected chi connectivity index (χ4v) is 4.23. The maximum absolute atomic E-state index is 12.7. The molecule has 0 aromatic heterocycles. The SMILES string of the molecule is CC1(C(=O)CNc2ccccc2NC2CCCCC2)CCCCC1. The first-order valence-corrected chi connectivity index (χ1v) is 9.80. The zero-order valence-corrected chi connectivity index (χ0v) is 15.1. The molecule has 0 aliphatic heterocycles. The van der Waals surface area contributed by atoms with Crippen molar-refractivity contribution in [3.05, 3.63) is 24.3 Å². The molecule has 0 spiro atoms. The lowest BCUT2D eigenvalue weighted by Crippen LogP contribution is -2.35. The number of rotatable bonds is 6. The molecule has 3 heteroatoms. The summed E-state index contributed by atoms with van der Waals surface area (Å²) in [4.78, 5) is 12.7. The molecule has 3 rings (SSSR count). The average Bonchev–Trinajstić information content (AvgIpc) is 2.62. The standard InChI is InChI=1S/C21H32N2O/c1-21(14-8-3-9-15-21)20(24)16-22-18-12-6-7-13-19(18)23-17-10-4-2-5-11-17/h6-7,12-13,17,22-23H,2-5,8-11,14-16H2,1H3. The molecule has 0 heterocycles. The van der Waals surface area contributed by atoms with Gasteiger partial charge in [-0.15, -0.1) is 0 Å². The van der Waals surface area contributed by atoms with Crippen LogP contribution in [0, 0.1) is 5.41 Å². The molecule has 0 unspecified atom stereocenters. The van der Waals surface area contributed by atoms with Crippen LogP contribution in [0.15, 0.2) is 24.3 Å². The first-order valence-electron chi connectivity index (χ1n) is 9.80. The van der Waals surface area contributed by atoms with Crippen LogP contribution in [0.5, 0.6) is 0 Å². The van der Waals surface area contributed by atoms with Gasteiger partial charge in [0.1, 0.15) is 0 Å². The van der Waals surface area contributed by atoms with Gasteiger partial charge in [-0.2, -0.15) is 0 Å². The zero-order chi connectivity index (χ0) is 16.8. The third-order valence-electron chi connectivity index (χ3n) is 5.96. The number of hydrogen-bond donors (Lipinski definition) is 2. The number of carbonyl (C=O) groups is 1. The van der Waals surface area contributed by atoms with E-state index < -0.39 is 0 Å². The molecule has 2 aliphatic rings. The maximum Gasteiger partial charge on any atom is 0.157 e. The lowest BCUT2D eigenvalue weighted by molar-refractivity contribution is -0.127. The minimum absolute atomic E-state index is 0.114. The van der Waals surface area contributed by atoms with Gasteiger partial charge in [0, 0.05) is 11.5 Å². The summed E-state index contributed by atoms with van der Waals surface area (Å²) in [6.45, 7) is 2.60. The fourth-order valence-electron chi connectivity index (χ4n) is 4.23. The van der Waals surface area contributed by atoms with Gasteiger partial charge in [-0.25, -0.2) is 0 Å². The van der Waals surface area contributed by atoms with Gasteiger partial charge in [0.05, 0.1) is 17.9 Å². The van der Waals surface area contributed by atoms with Crippen molar-refractivity contribution in [3.8, 4) is 0 Å². The van der Waals surface area contributed by atoms with Crippen molar-refractivity contribution in [2.24, 2.45) is 5.41 Å². The quantitative estimate of drug-likeness (QED) is 0.736. The molecule has 2 fully saturated rings. The van der Waals surface area contributed by atoms with Gasteiger partial charge in [0.2, 0.25) is 0 Å². The normalized spacial score (nSPS) is 21.2. The number of hydrogen-bond acceptors (Lipinski definition) is 3. The molecule has 1 aromatic carbocycles. The zero-order valence-electron chi connectivity index (χ0n) is 15.1. The minimum atomic E-state index is -0.114. The molecular formula is C21H32N2O. The van der Waals surface area contributed by atoms with Gasteiger partial charge in [0.25, 0.3) is 0 Å². The maximum atomic E-state index is 12.7. The Morgan fingerprint density at radius 1 is 1.00 bits per heavy atom. The van der Waals surface area contributed by atoms with Crippen molar-refractivity contribution >= 4 is 17.2 Å². The van der Waals surface area contributed by atoms with E-state index in [1.165, 1.54) is 51.4 Å². The Balaban J connectivity index is 1.59. The predicted molar refractivity (Wildman–Crippen MR) is 102 cm³/mol. The number of anilines is 2. The third kappa shape index (κ3) is 4.31. The Labute approximate surface area is 146 Å². The van der Waals surface area contributed by atoms with E-state index in [-0.39, 0.29) is 5.41 Å². The van der Waals surface area contributed by atoms with Gasteiger partial charge in [-0.05, 0) is 37.8 Å². The lowest BCUT2D eigenvalue weighted by atomic mass is 9.72. The Bertz CT molecular complexity index is 543. The van der Waals surface area contributed by atoms with Crippen molar-refractivity contribution in [2.75, 3.05) is 17.2 Å². The molecule has 3 nitrogen and oxygen atoms in total. The summed E-state index contributed by atoms with van der Waals surface area (Å²) in [6.07, 6.45) is 12.3.